The van der Waals surface area contributed by atoms with Gasteiger partial charge in [0.1, 0.15) is 19.7 Å². The number of rotatable bonds is 5. The van der Waals surface area contributed by atoms with Crippen molar-refractivity contribution in [2.45, 2.75) is 6.92 Å². The molecule has 1 N–H and O–H groups in total. The predicted octanol–water partition coefficient (Wildman–Crippen LogP) is 1.81. The maximum atomic E-state index is 10.3. The van der Waals surface area contributed by atoms with Gasteiger partial charge in [0.2, 0.25) is 0 Å². The van der Waals surface area contributed by atoms with Gasteiger partial charge in [-0.2, -0.15) is 0 Å². The van der Waals surface area contributed by atoms with Crippen LogP contribution in [0.1, 0.15) is 6.92 Å². The fourth-order valence-electron chi connectivity index (χ4n) is 0.763. The third-order valence-electron chi connectivity index (χ3n) is 1.84. The number of hydrogen-bond acceptors (Lipinski definition) is 7. The molecule has 0 aromatic carbocycles. The van der Waals surface area contributed by atoms with Crippen molar-refractivity contribution in [3.8, 4) is 0 Å². The van der Waals surface area contributed by atoms with Gasteiger partial charge in [0.15, 0.2) is 12.1 Å². The van der Waals surface area contributed by atoms with E-state index in [-0.39, 0.29) is 12.6 Å². The van der Waals surface area contributed by atoms with Gasteiger partial charge in [0.25, 0.3) is 0 Å². The van der Waals surface area contributed by atoms with Crippen LogP contribution >= 0.6 is 57.1 Å². The van der Waals surface area contributed by atoms with Crippen LogP contribution in [0.5, 0.6) is 0 Å². The molecule has 0 rings (SSSR count). The molecule has 0 amide bonds. The topological polar surface area (TPSA) is 127 Å². The Labute approximate surface area is 181 Å². The number of esters is 1. The van der Waals surface area contributed by atoms with Gasteiger partial charge in [0.05, 0.1) is 48.9 Å². The van der Waals surface area contributed by atoms with Gasteiger partial charge in [-0.05, 0) is 0 Å². The molecule has 0 aromatic heterocycles. The summed E-state index contributed by atoms with van der Waals surface area (Å²) in [5.41, 5.74) is 0. The molecule has 0 spiro atoms. The molecule has 0 aliphatic carbocycles. The summed E-state index contributed by atoms with van der Waals surface area (Å²) < 4.78 is 24.8. The SMILES string of the molecule is CC(=O)OCC[N+](C)(C)C.C[N+](C)(C)CCO.O=P([O-])(Cl)Cl.O=P([O-])(Cl)Cl. The molecule has 0 aliphatic heterocycles. The van der Waals surface area contributed by atoms with Crippen molar-refractivity contribution in [2.75, 3.05) is 68.6 Å². The number of nitrogens with zero attached hydrogens (tertiary/aromatic N) is 2. The van der Waals surface area contributed by atoms with Crippen molar-refractivity contribution < 1.29 is 42.5 Å². The van der Waals surface area contributed by atoms with Crippen LogP contribution in [0.2, 0.25) is 0 Å². The third kappa shape index (κ3) is 118. The first-order valence-corrected chi connectivity index (χ1v) is 14.1. The van der Waals surface area contributed by atoms with E-state index in [1.165, 1.54) is 6.92 Å². The predicted molar refractivity (Wildman–Crippen MR) is 108 cm³/mol. The van der Waals surface area contributed by atoms with Gasteiger partial charge >= 0.3 is 5.97 Å². The lowest BCUT2D eigenvalue weighted by Crippen LogP contribution is -2.37. The standard InChI is InChI=1S/C7H16NO2.C5H14NO.2Cl2HO2P/c1-7(9)10-6-5-8(2,3)4;1-6(2,3)4-5-7;2*1-5(2,3)4/h5-6H2,1-4H3;7H,4-5H2,1-3H3;2*(H,3,4)/q2*+1;;/p-2. The summed E-state index contributed by atoms with van der Waals surface area (Å²) in [6.07, 6.45) is -7.89. The fourth-order valence-corrected chi connectivity index (χ4v) is 0.763. The molecule has 0 heterocycles. The number of aliphatic hydroxyl groups excluding tert-OH is 1. The molecule has 15 heteroatoms. The molecule has 0 unspecified atom stereocenters. The summed E-state index contributed by atoms with van der Waals surface area (Å²) in [7, 11) is 12.3. The van der Waals surface area contributed by atoms with Crippen molar-refractivity contribution >= 4 is 63.1 Å². The van der Waals surface area contributed by atoms with Gasteiger partial charge in [-0.1, -0.05) is 45.0 Å². The lowest BCUT2D eigenvalue weighted by atomic mass is 10.5. The lowest BCUT2D eigenvalue weighted by Gasteiger charge is -2.23. The summed E-state index contributed by atoms with van der Waals surface area (Å²) in [6, 6.07) is 0. The molecular weight excluding hydrogens is 488 g/mol. The number of quaternary nitrogens is 2. The lowest BCUT2D eigenvalue weighted by molar-refractivity contribution is -0.870. The molecule has 0 bridgehead atoms. The van der Waals surface area contributed by atoms with Crippen LogP contribution in [-0.2, 0) is 18.7 Å². The molecule has 0 saturated carbocycles. The van der Waals surface area contributed by atoms with Gasteiger partial charge in [0, 0.05) is 6.92 Å². The number of halogens is 4. The Kier molecular flexibility index (Phi) is 21.8. The van der Waals surface area contributed by atoms with E-state index in [0.717, 1.165) is 22.1 Å². The molecule has 0 fully saturated rings. The Hall–Kier alpha value is 0.890. The third-order valence-corrected chi connectivity index (χ3v) is 1.84. The number of carbonyl (C=O) groups is 1. The van der Waals surface area contributed by atoms with Crippen LogP contribution in [0, 0.1) is 0 Å². The highest BCUT2D eigenvalue weighted by molar-refractivity contribution is 8.03. The van der Waals surface area contributed by atoms with Crippen LogP contribution in [0.25, 0.3) is 0 Å². The van der Waals surface area contributed by atoms with Crippen molar-refractivity contribution in [1.82, 2.24) is 0 Å². The normalized spacial score (nSPS) is 11.6. The highest BCUT2D eigenvalue weighted by Crippen LogP contribution is 2.46. The second-order valence-electron chi connectivity index (χ2n) is 6.92. The smallest absolute Gasteiger partial charge is 0.302 e. The zero-order valence-corrected chi connectivity index (χ0v) is 21.3. The Balaban J connectivity index is -0.000000137. The largest absolute Gasteiger partial charge is 0.776 e. The maximum Gasteiger partial charge on any atom is 0.302 e. The van der Waals surface area contributed by atoms with E-state index in [0.29, 0.717) is 6.61 Å². The molecule has 0 atom stereocenters. The van der Waals surface area contributed by atoms with E-state index < -0.39 is 12.1 Å². The summed E-state index contributed by atoms with van der Waals surface area (Å²) in [5.74, 6) is -0.201. The van der Waals surface area contributed by atoms with Crippen molar-refractivity contribution in [3.05, 3.63) is 0 Å². The van der Waals surface area contributed by atoms with Crippen molar-refractivity contribution in [2.24, 2.45) is 0 Å². The summed E-state index contributed by atoms with van der Waals surface area (Å²) >= 11 is 17.2. The minimum atomic E-state index is -3.94. The summed E-state index contributed by atoms with van der Waals surface area (Å²) in [5, 5.41) is 8.39. The number of likely N-dealkylation sites (N-methyl/N-ethyl adjacent to an activating group) is 2. The van der Waals surface area contributed by atoms with E-state index in [9.17, 15) is 23.7 Å². The second kappa shape index (κ2) is 16.7. The van der Waals surface area contributed by atoms with Crippen LogP contribution in [0.4, 0.5) is 0 Å². The number of hydrogen-bond donors (Lipinski definition) is 1. The van der Waals surface area contributed by atoms with Gasteiger partial charge in [-0.15, -0.1) is 0 Å². The average molecular weight is 518 g/mol. The molecule has 168 valence electrons. The zero-order chi connectivity index (χ0) is 23.1. The Morgan fingerprint density at radius 3 is 1.26 bits per heavy atom. The van der Waals surface area contributed by atoms with Crippen LogP contribution in [0.3, 0.4) is 0 Å². The van der Waals surface area contributed by atoms with E-state index in [1.807, 2.05) is 0 Å². The van der Waals surface area contributed by atoms with Crippen LogP contribution in [0.15, 0.2) is 0 Å². The van der Waals surface area contributed by atoms with E-state index in [2.05, 4.69) is 87.2 Å². The van der Waals surface area contributed by atoms with Gasteiger partial charge < -0.3 is 37.7 Å². The number of aliphatic hydroxyl groups is 1. The minimum absolute atomic E-state index is 0.201. The first-order valence-electron chi connectivity index (χ1n) is 7.24. The zero-order valence-electron chi connectivity index (χ0n) is 16.5. The molecule has 0 aliphatic rings. The van der Waals surface area contributed by atoms with Crippen molar-refractivity contribution in [1.29, 1.82) is 0 Å². The average Bonchev–Trinajstić information content (AvgIpc) is 2.19. The van der Waals surface area contributed by atoms with Gasteiger partial charge in [-0.25, -0.2) is 0 Å². The summed E-state index contributed by atoms with van der Waals surface area (Å²) in [6.45, 7) is 3.91. The van der Waals surface area contributed by atoms with E-state index in [4.69, 9.17) is 9.84 Å². The Morgan fingerprint density at radius 2 is 1.15 bits per heavy atom. The number of carbonyl (C=O) groups excluding carboxylic acids is 1. The molecule has 0 saturated heterocycles. The first-order chi connectivity index (χ1) is 11.5. The monoisotopic (exact) mass is 516 g/mol. The van der Waals surface area contributed by atoms with E-state index in [1.54, 1.807) is 0 Å². The molecule has 0 radical (unpaired) electrons. The molecule has 27 heavy (non-hydrogen) atoms. The highest BCUT2D eigenvalue weighted by Gasteiger charge is 2.06. The maximum absolute atomic E-state index is 10.3. The molecular formula is C12H30Cl4N2O7P2. The highest BCUT2D eigenvalue weighted by atomic mass is 35.9. The number of ether oxygens (including phenoxy) is 1. The van der Waals surface area contributed by atoms with Crippen LogP contribution in [-0.4, -0.2) is 88.6 Å². The van der Waals surface area contributed by atoms with Gasteiger partial charge in [-0.3, -0.25) is 4.79 Å². The molecule has 0 aromatic rings. The van der Waals surface area contributed by atoms with E-state index >= 15 is 0 Å². The Bertz CT molecular complexity index is 437. The van der Waals surface area contributed by atoms with Crippen LogP contribution < -0.4 is 9.79 Å². The summed E-state index contributed by atoms with van der Waals surface area (Å²) in [4.78, 5) is 28.7. The first kappa shape index (κ1) is 35.3. The van der Waals surface area contributed by atoms with Crippen molar-refractivity contribution in [3.63, 3.8) is 0 Å². The second-order valence-corrected chi connectivity index (χ2v) is 15.0. The minimum Gasteiger partial charge on any atom is -0.776 e. The molecule has 9 nitrogen and oxygen atoms in total. The fraction of sp³-hybridized carbons (Fsp3) is 0.917. The Morgan fingerprint density at radius 1 is 0.889 bits per heavy atom. The quantitative estimate of drug-likeness (QED) is 0.334.